The summed E-state index contributed by atoms with van der Waals surface area (Å²) in [6.45, 7) is 2.49. The zero-order chi connectivity index (χ0) is 19.9. The third-order valence-electron chi connectivity index (χ3n) is 3.81. The third-order valence-corrected chi connectivity index (χ3v) is 3.81. The van der Waals surface area contributed by atoms with Crippen molar-refractivity contribution in [3.63, 3.8) is 0 Å². The standard InChI is InChI=1S/C20H21FN4O3/c1-4-28-15-8-5-13(6-9-15)23-19-16(21)12-22-20(25-19)24-14-7-10-17(26-2)18(11-14)27-3/h5-12H,4H2,1-3H3,(H2,22,23,24,25). The van der Waals surface area contributed by atoms with Crippen molar-refractivity contribution in [1.29, 1.82) is 0 Å². The number of halogens is 1. The summed E-state index contributed by atoms with van der Waals surface area (Å²) in [7, 11) is 3.11. The van der Waals surface area contributed by atoms with E-state index in [0.29, 0.717) is 29.5 Å². The minimum Gasteiger partial charge on any atom is -0.494 e. The molecule has 3 aromatic rings. The molecule has 0 fully saturated rings. The summed E-state index contributed by atoms with van der Waals surface area (Å²) in [5.74, 6) is 1.64. The molecule has 7 nitrogen and oxygen atoms in total. The molecule has 8 heteroatoms. The van der Waals surface area contributed by atoms with Crippen molar-refractivity contribution < 1.29 is 18.6 Å². The van der Waals surface area contributed by atoms with Crippen molar-refractivity contribution in [3.8, 4) is 17.2 Å². The second-order valence-electron chi connectivity index (χ2n) is 5.67. The van der Waals surface area contributed by atoms with Crippen LogP contribution in [0.1, 0.15) is 6.92 Å². The molecule has 0 aliphatic carbocycles. The zero-order valence-corrected chi connectivity index (χ0v) is 15.8. The van der Waals surface area contributed by atoms with Crippen molar-refractivity contribution >= 4 is 23.1 Å². The lowest BCUT2D eigenvalue weighted by atomic mass is 10.3. The van der Waals surface area contributed by atoms with Crippen LogP contribution in [0.2, 0.25) is 0 Å². The van der Waals surface area contributed by atoms with Crippen LogP contribution >= 0.6 is 0 Å². The summed E-state index contributed by atoms with van der Waals surface area (Å²) in [6.07, 6.45) is 1.10. The second kappa shape index (κ2) is 8.90. The van der Waals surface area contributed by atoms with Crippen LogP contribution < -0.4 is 24.8 Å². The Balaban J connectivity index is 1.77. The Morgan fingerprint density at radius 1 is 0.929 bits per heavy atom. The fourth-order valence-electron chi connectivity index (χ4n) is 2.50. The topological polar surface area (TPSA) is 77.5 Å². The maximum Gasteiger partial charge on any atom is 0.229 e. The maximum absolute atomic E-state index is 14.1. The summed E-state index contributed by atoms with van der Waals surface area (Å²) in [5.41, 5.74) is 1.36. The number of benzene rings is 2. The van der Waals surface area contributed by atoms with E-state index in [-0.39, 0.29) is 11.8 Å². The molecule has 28 heavy (non-hydrogen) atoms. The number of nitrogens with one attached hydrogen (secondary N) is 2. The van der Waals surface area contributed by atoms with Gasteiger partial charge in [-0.25, -0.2) is 9.37 Å². The Hall–Kier alpha value is -3.55. The van der Waals surface area contributed by atoms with Crippen LogP contribution in [0.25, 0.3) is 0 Å². The SMILES string of the molecule is CCOc1ccc(Nc2nc(Nc3ccc(OC)c(OC)c3)ncc2F)cc1. The molecule has 0 aliphatic heterocycles. The van der Waals surface area contributed by atoms with Gasteiger partial charge in [0, 0.05) is 17.4 Å². The number of anilines is 4. The highest BCUT2D eigenvalue weighted by Gasteiger charge is 2.10. The predicted molar refractivity (Wildman–Crippen MR) is 106 cm³/mol. The molecule has 0 bridgehead atoms. The highest BCUT2D eigenvalue weighted by molar-refractivity contribution is 5.62. The highest BCUT2D eigenvalue weighted by atomic mass is 19.1. The number of aromatic nitrogens is 2. The molecule has 0 unspecified atom stereocenters. The van der Waals surface area contributed by atoms with Crippen molar-refractivity contribution in [3.05, 3.63) is 54.5 Å². The minimum atomic E-state index is -0.563. The van der Waals surface area contributed by atoms with Gasteiger partial charge in [-0.05, 0) is 43.3 Å². The highest BCUT2D eigenvalue weighted by Crippen LogP contribution is 2.31. The van der Waals surface area contributed by atoms with E-state index in [1.807, 2.05) is 6.92 Å². The Labute approximate surface area is 162 Å². The number of hydrogen-bond donors (Lipinski definition) is 2. The number of ether oxygens (including phenoxy) is 3. The average Bonchev–Trinajstić information content (AvgIpc) is 2.72. The van der Waals surface area contributed by atoms with E-state index < -0.39 is 5.82 Å². The lowest BCUT2D eigenvalue weighted by molar-refractivity contribution is 0.340. The van der Waals surface area contributed by atoms with E-state index in [2.05, 4.69) is 20.6 Å². The first-order valence-corrected chi connectivity index (χ1v) is 8.64. The fraction of sp³-hybridized carbons (Fsp3) is 0.200. The molecule has 146 valence electrons. The van der Waals surface area contributed by atoms with Crippen molar-refractivity contribution in [1.82, 2.24) is 9.97 Å². The quantitative estimate of drug-likeness (QED) is 0.591. The predicted octanol–water partition coefficient (Wildman–Crippen LogP) is 4.52. The number of rotatable bonds is 8. The normalized spacial score (nSPS) is 10.3. The second-order valence-corrected chi connectivity index (χ2v) is 5.67. The van der Waals surface area contributed by atoms with Gasteiger partial charge in [-0.15, -0.1) is 0 Å². The number of nitrogens with zero attached hydrogens (tertiary/aromatic N) is 2. The van der Waals surface area contributed by atoms with Crippen LogP contribution in [0.15, 0.2) is 48.7 Å². The molecule has 0 saturated heterocycles. The summed E-state index contributed by atoms with van der Waals surface area (Å²) in [5, 5.41) is 5.97. The smallest absolute Gasteiger partial charge is 0.229 e. The number of hydrogen-bond acceptors (Lipinski definition) is 7. The van der Waals surface area contributed by atoms with Crippen molar-refractivity contribution in [2.75, 3.05) is 31.5 Å². The van der Waals surface area contributed by atoms with Gasteiger partial charge in [-0.3, -0.25) is 0 Å². The molecule has 0 spiro atoms. The molecule has 1 heterocycles. The lowest BCUT2D eigenvalue weighted by Crippen LogP contribution is -2.03. The van der Waals surface area contributed by atoms with Crippen molar-refractivity contribution in [2.24, 2.45) is 0 Å². The van der Waals surface area contributed by atoms with Crippen LogP contribution in [0.3, 0.4) is 0 Å². The molecule has 1 aromatic heterocycles. The monoisotopic (exact) mass is 384 g/mol. The van der Waals surface area contributed by atoms with E-state index in [4.69, 9.17) is 14.2 Å². The number of methoxy groups -OCH3 is 2. The summed E-state index contributed by atoms with van der Waals surface area (Å²) >= 11 is 0. The molecule has 0 amide bonds. The van der Waals surface area contributed by atoms with Crippen molar-refractivity contribution in [2.45, 2.75) is 6.92 Å². The Kier molecular flexibility index (Phi) is 6.11. The molecule has 0 saturated carbocycles. The molecule has 0 atom stereocenters. The minimum absolute atomic E-state index is 0.0575. The van der Waals surface area contributed by atoms with Gasteiger partial charge in [0.25, 0.3) is 0 Å². The lowest BCUT2D eigenvalue weighted by Gasteiger charge is -2.12. The Bertz CT molecular complexity index is 935. The first-order valence-electron chi connectivity index (χ1n) is 8.64. The van der Waals surface area contributed by atoms with Gasteiger partial charge in [0.05, 0.1) is 27.0 Å². The van der Waals surface area contributed by atoms with Crippen LogP contribution in [0.5, 0.6) is 17.2 Å². The van der Waals surface area contributed by atoms with Gasteiger partial charge in [0.1, 0.15) is 5.75 Å². The van der Waals surface area contributed by atoms with Crippen LogP contribution in [-0.2, 0) is 0 Å². The molecule has 2 aromatic carbocycles. The van der Waals surface area contributed by atoms with E-state index in [1.165, 1.54) is 0 Å². The first kappa shape index (κ1) is 19.2. The van der Waals surface area contributed by atoms with Gasteiger partial charge >= 0.3 is 0 Å². The largest absolute Gasteiger partial charge is 0.494 e. The van der Waals surface area contributed by atoms with Crippen LogP contribution in [0, 0.1) is 5.82 Å². The average molecular weight is 384 g/mol. The Morgan fingerprint density at radius 2 is 1.64 bits per heavy atom. The van der Waals surface area contributed by atoms with E-state index in [9.17, 15) is 4.39 Å². The van der Waals surface area contributed by atoms with E-state index >= 15 is 0 Å². The third kappa shape index (κ3) is 4.59. The molecule has 0 radical (unpaired) electrons. The van der Waals surface area contributed by atoms with Gasteiger partial charge in [-0.1, -0.05) is 0 Å². The van der Waals surface area contributed by atoms with Gasteiger partial charge < -0.3 is 24.8 Å². The molecular weight excluding hydrogens is 363 g/mol. The first-order chi connectivity index (χ1) is 13.6. The van der Waals surface area contributed by atoms with E-state index in [1.54, 1.807) is 56.7 Å². The maximum atomic E-state index is 14.1. The van der Waals surface area contributed by atoms with Crippen LogP contribution in [-0.4, -0.2) is 30.8 Å². The van der Waals surface area contributed by atoms with Crippen LogP contribution in [0.4, 0.5) is 27.5 Å². The molecule has 0 aliphatic rings. The van der Waals surface area contributed by atoms with Gasteiger partial charge in [0.2, 0.25) is 5.95 Å². The fourth-order valence-corrected chi connectivity index (χ4v) is 2.50. The van der Waals surface area contributed by atoms with E-state index in [0.717, 1.165) is 11.9 Å². The Morgan fingerprint density at radius 3 is 2.32 bits per heavy atom. The molecular formula is C20H21FN4O3. The molecule has 3 rings (SSSR count). The van der Waals surface area contributed by atoms with Gasteiger partial charge in [0.15, 0.2) is 23.1 Å². The summed E-state index contributed by atoms with van der Waals surface area (Å²) in [6, 6.07) is 12.5. The zero-order valence-electron chi connectivity index (χ0n) is 15.8. The summed E-state index contributed by atoms with van der Waals surface area (Å²) < 4.78 is 30.0. The van der Waals surface area contributed by atoms with Gasteiger partial charge in [-0.2, -0.15) is 4.98 Å². The molecule has 2 N–H and O–H groups in total. The summed E-state index contributed by atoms with van der Waals surface area (Å²) in [4.78, 5) is 8.19.